The molecule has 1 N–H and O–H groups in total. The van der Waals surface area contributed by atoms with Crippen molar-refractivity contribution in [2.75, 3.05) is 6.26 Å². The van der Waals surface area contributed by atoms with E-state index in [1.165, 1.54) is 38.4 Å². The Balaban J connectivity index is 1.42. The van der Waals surface area contributed by atoms with Crippen LogP contribution >= 0.6 is 0 Å². The van der Waals surface area contributed by atoms with Gasteiger partial charge in [0.1, 0.15) is 5.25 Å². The summed E-state index contributed by atoms with van der Waals surface area (Å²) in [5, 5.41) is 2.24. The summed E-state index contributed by atoms with van der Waals surface area (Å²) in [7, 11) is -3.38. The first-order chi connectivity index (χ1) is 13.1. The molecule has 0 bridgehead atoms. The topological polar surface area (TPSA) is 72.5 Å². The molecule has 5 rings (SSSR count). The van der Waals surface area contributed by atoms with Crippen molar-refractivity contribution in [1.82, 2.24) is 5.32 Å². The van der Waals surface area contributed by atoms with Gasteiger partial charge in [0.25, 0.3) is 0 Å². The largest absolute Gasteiger partial charge is 0.374 e. The predicted octanol–water partition coefficient (Wildman–Crippen LogP) is 3.08. The fraction of sp³-hybridized carbons (Fsp3) is 0.955. The molecule has 0 aromatic rings. The molecule has 1 aliphatic heterocycles. The van der Waals surface area contributed by atoms with Crippen molar-refractivity contribution in [3.8, 4) is 0 Å². The van der Waals surface area contributed by atoms with Crippen LogP contribution < -0.4 is 5.32 Å². The highest BCUT2D eigenvalue weighted by Gasteiger charge is 2.62. The Bertz CT molecular complexity index is 777. The van der Waals surface area contributed by atoms with E-state index in [0.29, 0.717) is 36.4 Å². The number of carbonyl (C=O) groups excluding carboxylic acids is 1. The quantitative estimate of drug-likeness (QED) is 0.777. The van der Waals surface area contributed by atoms with Gasteiger partial charge >= 0.3 is 0 Å². The number of piperidine rings is 1. The smallest absolute Gasteiger partial charge is 0.238 e. The third-order valence-corrected chi connectivity index (χ3v) is 10.8. The Morgan fingerprint density at radius 3 is 2.36 bits per heavy atom. The lowest BCUT2D eigenvalue weighted by molar-refractivity contribution is -0.141. The lowest BCUT2D eigenvalue weighted by atomic mass is 9.47. The van der Waals surface area contributed by atoms with Gasteiger partial charge in [-0.1, -0.05) is 13.8 Å². The lowest BCUT2D eigenvalue weighted by Gasteiger charge is -2.60. The van der Waals surface area contributed by atoms with Crippen LogP contribution in [0.5, 0.6) is 0 Å². The average molecular weight is 410 g/mol. The molecule has 8 atom stereocenters. The SMILES string of the molecule is C[C@]12C[C@@H](S(C)(=O)=O)C(=O)N[C@@H]1CC[C@@H]1[C@@H]2CC[C@]2(C)[C@@H](OC3CC3)CC[C@@H]12. The van der Waals surface area contributed by atoms with Crippen LogP contribution in [-0.4, -0.2) is 44.1 Å². The van der Waals surface area contributed by atoms with E-state index >= 15 is 0 Å². The van der Waals surface area contributed by atoms with Crippen molar-refractivity contribution in [3.63, 3.8) is 0 Å². The lowest BCUT2D eigenvalue weighted by Crippen LogP contribution is -2.65. The highest BCUT2D eigenvalue weighted by Crippen LogP contribution is 2.65. The number of amides is 1. The molecular weight excluding hydrogens is 374 g/mol. The standard InChI is InChI=1S/C22H35NO4S/c1-21-11-10-16-14(15(21)7-9-19(21)27-13-4-5-13)6-8-18-22(16,2)12-17(20(24)23-18)28(3,25)26/h13-19H,4-12H2,1-3H3,(H,23,24)/t14-,15-,16-,17+,18+,19-,21-,22+/m0/s1. The Labute approximate surface area is 169 Å². The summed E-state index contributed by atoms with van der Waals surface area (Å²) in [5.41, 5.74) is 0.169. The van der Waals surface area contributed by atoms with Gasteiger partial charge in [-0.3, -0.25) is 4.79 Å². The zero-order chi connectivity index (χ0) is 19.9. The maximum Gasteiger partial charge on any atom is 0.238 e. The van der Waals surface area contributed by atoms with E-state index in [4.69, 9.17) is 4.74 Å². The zero-order valence-corrected chi connectivity index (χ0v) is 18.3. The van der Waals surface area contributed by atoms with E-state index < -0.39 is 15.1 Å². The molecule has 0 spiro atoms. The molecule has 4 aliphatic carbocycles. The predicted molar refractivity (Wildman–Crippen MR) is 107 cm³/mol. The Hall–Kier alpha value is -0.620. The second kappa shape index (κ2) is 6.19. The molecule has 4 saturated carbocycles. The molecule has 28 heavy (non-hydrogen) atoms. The molecule has 1 saturated heterocycles. The van der Waals surface area contributed by atoms with Gasteiger partial charge in [0.2, 0.25) is 5.91 Å². The monoisotopic (exact) mass is 409 g/mol. The molecule has 158 valence electrons. The van der Waals surface area contributed by atoms with Crippen LogP contribution in [0.25, 0.3) is 0 Å². The van der Waals surface area contributed by atoms with Crippen LogP contribution in [-0.2, 0) is 19.4 Å². The van der Waals surface area contributed by atoms with Crippen LogP contribution in [0.2, 0.25) is 0 Å². The normalized spacial score (nSPS) is 51.0. The van der Waals surface area contributed by atoms with Gasteiger partial charge < -0.3 is 10.1 Å². The molecule has 5 aliphatic rings. The van der Waals surface area contributed by atoms with Crippen LogP contribution in [0.15, 0.2) is 0 Å². The third-order valence-electron chi connectivity index (χ3n) is 9.41. The zero-order valence-electron chi connectivity index (χ0n) is 17.4. The van der Waals surface area contributed by atoms with Crippen LogP contribution in [0, 0.1) is 28.6 Å². The van der Waals surface area contributed by atoms with Crippen molar-refractivity contribution in [1.29, 1.82) is 0 Å². The molecule has 1 heterocycles. The van der Waals surface area contributed by atoms with E-state index in [0.717, 1.165) is 19.3 Å². The number of rotatable bonds is 3. The number of nitrogens with one attached hydrogen (secondary N) is 1. The summed E-state index contributed by atoms with van der Waals surface area (Å²) in [6, 6.07) is 0.128. The molecule has 0 aromatic carbocycles. The molecule has 0 unspecified atom stereocenters. The Morgan fingerprint density at radius 2 is 1.68 bits per heavy atom. The average Bonchev–Trinajstić information content (AvgIpc) is 3.36. The van der Waals surface area contributed by atoms with Gasteiger partial charge in [-0.25, -0.2) is 8.42 Å². The van der Waals surface area contributed by atoms with Crippen LogP contribution in [0.4, 0.5) is 0 Å². The fourth-order valence-corrected chi connectivity index (χ4v) is 8.82. The molecule has 6 heteroatoms. The Kier molecular flexibility index (Phi) is 4.28. The molecular formula is C22H35NO4S. The van der Waals surface area contributed by atoms with E-state index in [2.05, 4.69) is 19.2 Å². The summed E-state index contributed by atoms with van der Waals surface area (Å²) in [5.74, 6) is 1.56. The second-order valence-electron chi connectivity index (χ2n) is 11.0. The number of ether oxygens (including phenoxy) is 1. The van der Waals surface area contributed by atoms with E-state index in [1.54, 1.807) is 0 Å². The minimum atomic E-state index is -3.38. The molecule has 0 radical (unpaired) electrons. The first-order valence-electron chi connectivity index (χ1n) is 11.3. The van der Waals surface area contributed by atoms with Crippen molar-refractivity contribution < 1.29 is 17.9 Å². The third kappa shape index (κ3) is 2.80. The van der Waals surface area contributed by atoms with E-state index in [1.807, 2.05) is 0 Å². The number of hydrogen-bond donors (Lipinski definition) is 1. The molecule has 5 fully saturated rings. The number of hydrogen-bond acceptors (Lipinski definition) is 4. The van der Waals surface area contributed by atoms with Crippen molar-refractivity contribution in [2.45, 2.75) is 95.1 Å². The molecule has 0 aromatic heterocycles. The first kappa shape index (κ1) is 19.3. The summed E-state index contributed by atoms with van der Waals surface area (Å²) in [6.07, 6.45) is 12.0. The summed E-state index contributed by atoms with van der Waals surface area (Å²) in [4.78, 5) is 12.5. The van der Waals surface area contributed by atoms with Crippen LogP contribution in [0.1, 0.15) is 71.6 Å². The fourth-order valence-electron chi connectivity index (χ4n) is 7.70. The maximum atomic E-state index is 12.5. The van der Waals surface area contributed by atoms with Gasteiger partial charge in [0.15, 0.2) is 9.84 Å². The minimum absolute atomic E-state index is 0.110. The summed E-state index contributed by atoms with van der Waals surface area (Å²) in [6.45, 7) is 4.73. The van der Waals surface area contributed by atoms with Crippen LogP contribution in [0.3, 0.4) is 0 Å². The minimum Gasteiger partial charge on any atom is -0.374 e. The number of carbonyl (C=O) groups is 1. The van der Waals surface area contributed by atoms with Gasteiger partial charge in [-0.05, 0) is 86.4 Å². The van der Waals surface area contributed by atoms with E-state index in [9.17, 15) is 13.2 Å². The molecule has 1 amide bonds. The highest BCUT2D eigenvalue weighted by molar-refractivity contribution is 7.92. The summed E-state index contributed by atoms with van der Waals surface area (Å²) >= 11 is 0. The van der Waals surface area contributed by atoms with Gasteiger partial charge in [0, 0.05) is 12.3 Å². The second-order valence-corrected chi connectivity index (χ2v) is 13.2. The highest BCUT2D eigenvalue weighted by atomic mass is 32.2. The number of sulfone groups is 1. The summed E-state index contributed by atoms with van der Waals surface area (Å²) < 4.78 is 31.0. The molecule has 5 nitrogen and oxygen atoms in total. The number of fused-ring (bicyclic) bond motifs is 5. The Morgan fingerprint density at radius 1 is 0.964 bits per heavy atom. The van der Waals surface area contributed by atoms with Gasteiger partial charge in [-0.2, -0.15) is 0 Å². The van der Waals surface area contributed by atoms with Gasteiger partial charge in [-0.15, -0.1) is 0 Å². The van der Waals surface area contributed by atoms with Crippen molar-refractivity contribution in [3.05, 3.63) is 0 Å². The van der Waals surface area contributed by atoms with E-state index in [-0.39, 0.29) is 22.8 Å². The maximum absolute atomic E-state index is 12.5. The van der Waals surface area contributed by atoms with Crippen molar-refractivity contribution >= 4 is 15.7 Å². The van der Waals surface area contributed by atoms with Crippen molar-refractivity contribution in [2.24, 2.45) is 28.6 Å². The van der Waals surface area contributed by atoms with Gasteiger partial charge in [0.05, 0.1) is 12.2 Å². The first-order valence-corrected chi connectivity index (χ1v) is 13.2.